The zero-order valence-electron chi connectivity index (χ0n) is 10.9. The van der Waals surface area contributed by atoms with E-state index in [9.17, 15) is 4.79 Å². The van der Waals surface area contributed by atoms with Gasteiger partial charge in [-0.25, -0.2) is 0 Å². The number of amides is 1. The van der Waals surface area contributed by atoms with Gasteiger partial charge >= 0.3 is 0 Å². The second-order valence-electron chi connectivity index (χ2n) is 4.75. The van der Waals surface area contributed by atoms with Crippen molar-refractivity contribution in [3.8, 4) is 0 Å². The average molecular weight is 285 g/mol. The molecule has 1 amide bonds. The number of halogens is 1. The summed E-state index contributed by atoms with van der Waals surface area (Å²) in [5.74, 6) is 0.719. The van der Waals surface area contributed by atoms with Crippen molar-refractivity contribution < 1.29 is 9.53 Å². The molecule has 1 aromatic rings. The van der Waals surface area contributed by atoms with Crippen molar-refractivity contribution in [3.05, 3.63) is 29.8 Å². The maximum atomic E-state index is 11.7. The number of hydrogen-bond donors (Lipinski definition) is 2. The predicted molar refractivity (Wildman–Crippen MR) is 78.6 cm³/mol. The average Bonchev–Trinajstić information content (AvgIpc) is 3.17. The molecule has 3 N–H and O–H groups in total. The monoisotopic (exact) mass is 284 g/mol. The van der Waals surface area contributed by atoms with E-state index in [1.165, 1.54) is 12.8 Å². The van der Waals surface area contributed by atoms with Gasteiger partial charge in [0.05, 0.1) is 0 Å². The van der Waals surface area contributed by atoms with Crippen molar-refractivity contribution >= 4 is 24.0 Å². The van der Waals surface area contributed by atoms with Crippen LogP contribution in [0.15, 0.2) is 24.3 Å². The molecular weight excluding hydrogens is 264 g/mol. The summed E-state index contributed by atoms with van der Waals surface area (Å²) in [5.41, 5.74) is 6.84. The highest BCUT2D eigenvalue weighted by molar-refractivity contribution is 5.94. The van der Waals surface area contributed by atoms with Crippen molar-refractivity contribution in [1.29, 1.82) is 0 Å². The summed E-state index contributed by atoms with van der Waals surface area (Å²) < 4.78 is 5.49. The van der Waals surface area contributed by atoms with Crippen LogP contribution in [-0.2, 0) is 4.74 Å². The molecule has 0 unspecified atom stereocenters. The molecule has 0 spiro atoms. The fraction of sp³-hybridized carbons (Fsp3) is 0.500. The Labute approximate surface area is 120 Å². The van der Waals surface area contributed by atoms with Crippen molar-refractivity contribution in [2.24, 2.45) is 5.92 Å². The first-order valence-electron chi connectivity index (χ1n) is 6.47. The number of benzene rings is 1. The van der Waals surface area contributed by atoms with Crippen LogP contribution in [0.25, 0.3) is 0 Å². The van der Waals surface area contributed by atoms with Crippen molar-refractivity contribution in [3.63, 3.8) is 0 Å². The summed E-state index contributed by atoms with van der Waals surface area (Å²) in [6.45, 7) is 2.23. The molecular formula is C14H21ClN2O2. The maximum absolute atomic E-state index is 11.7. The molecule has 1 aromatic carbocycles. The van der Waals surface area contributed by atoms with Gasteiger partial charge in [0.15, 0.2) is 0 Å². The lowest BCUT2D eigenvalue weighted by Crippen LogP contribution is -2.25. The van der Waals surface area contributed by atoms with Gasteiger partial charge in [-0.1, -0.05) is 6.07 Å². The fourth-order valence-electron chi connectivity index (χ4n) is 1.69. The standard InChI is InChI=1S/C14H20N2O2.ClH/c15-13-4-1-3-12(9-13)14(17)16-7-2-8-18-10-11-5-6-11;/h1,3-4,9,11H,2,5-8,10,15H2,(H,16,17);1H. The Balaban J connectivity index is 0.00000180. The number of nitrogens with two attached hydrogens (primary N) is 1. The molecule has 0 radical (unpaired) electrons. The smallest absolute Gasteiger partial charge is 0.251 e. The van der Waals surface area contributed by atoms with Crippen LogP contribution in [0.4, 0.5) is 5.69 Å². The van der Waals surface area contributed by atoms with Crippen molar-refractivity contribution in [2.75, 3.05) is 25.5 Å². The predicted octanol–water partition coefficient (Wildman–Crippen LogP) is 2.24. The van der Waals surface area contributed by atoms with Gasteiger partial charge in [0, 0.05) is 31.0 Å². The Kier molecular flexibility index (Phi) is 6.67. The molecule has 4 nitrogen and oxygen atoms in total. The molecule has 1 aliphatic rings. The summed E-state index contributed by atoms with van der Waals surface area (Å²) >= 11 is 0. The van der Waals surface area contributed by atoms with Gasteiger partial charge in [0.25, 0.3) is 5.91 Å². The molecule has 106 valence electrons. The van der Waals surface area contributed by atoms with Crippen LogP contribution in [0.3, 0.4) is 0 Å². The van der Waals surface area contributed by atoms with Crippen LogP contribution in [0.2, 0.25) is 0 Å². The molecule has 0 bridgehead atoms. The first-order chi connectivity index (χ1) is 8.75. The summed E-state index contributed by atoms with van der Waals surface area (Å²) in [5, 5.41) is 2.86. The van der Waals surface area contributed by atoms with Crippen LogP contribution >= 0.6 is 12.4 Å². The summed E-state index contributed by atoms with van der Waals surface area (Å²) in [6.07, 6.45) is 3.47. The number of hydrogen-bond acceptors (Lipinski definition) is 3. The van der Waals surface area contributed by atoms with E-state index in [1.54, 1.807) is 24.3 Å². The summed E-state index contributed by atoms with van der Waals surface area (Å²) in [7, 11) is 0. The highest BCUT2D eigenvalue weighted by Crippen LogP contribution is 2.28. The van der Waals surface area contributed by atoms with Gasteiger partial charge < -0.3 is 15.8 Å². The van der Waals surface area contributed by atoms with Crippen LogP contribution in [-0.4, -0.2) is 25.7 Å². The lowest BCUT2D eigenvalue weighted by Gasteiger charge is -2.06. The third-order valence-corrected chi connectivity index (χ3v) is 2.95. The molecule has 1 saturated carbocycles. The Bertz CT molecular complexity index is 408. The van der Waals surface area contributed by atoms with E-state index in [-0.39, 0.29) is 18.3 Å². The molecule has 1 aliphatic carbocycles. The lowest BCUT2D eigenvalue weighted by atomic mass is 10.2. The number of carbonyl (C=O) groups excluding carboxylic acids is 1. The minimum absolute atomic E-state index is 0. The highest BCUT2D eigenvalue weighted by atomic mass is 35.5. The van der Waals surface area contributed by atoms with Gasteiger partial charge in [-0.05, 0) is 43.4 Å². The van der Waals surface area contributed by atoms with E-state index in [4.69, 9.17) is 10.5 Å². The second-order valence-corrected chi connectivity index (χ2v) is 4.75. The molecule has 2 rings (SSSR count). The first-order valence-corrected chi connectivity index (χ1v) is 6.47. The van der Waals surface area contributed by atoms with E-state index in [1.807, 2.05) is 0 Å². The van der Waals surface area contributed by atoms with Crippen LogP contribution in [0, 0.1) is 5.92 Å². The van der Waals surface area contributed by atoms with Gasteiger partial charge in [-0.2, -0.15) is 0 Å². The topological polar surface area (TPSA) is 64.4 Å². The summed E-state index contributed by atoms with van der Waals surface area (Å²) in [6, 6.07) is 6.99. The minimum Gasteiger partial charge on any atom is -0.399 e. The maximum Gasteiger partial charge on any atom is 0.251 e. The highest BCUT2D eigenvalue weighted by Gasteiger charge is 2.20. The van der Waals surface area contributed by atoms with Crippen LogP contribution < -0.4 is 11.1 Å². The van der Waals surface area contributed by atoms with Gasteiger partial charge in [0.1, 0.15) is 0 Å². The van der Waals surface area contributed by atoms with Crippen LogP contribution in [0.5, 0.6) is 0 Å². The van der Waals surface area contributed by atoms with Gasteiger partial charge in [-0.3, -0.25) is 4.79 Å². The van der Waals surface area contributed by atoms with Crippen molar-refractivity contribution in [1.82, 2.24) is 5.32 Å². The van der Waals surface area contributed by atoms with E-state index in [0.29, 0.717) is 24.4 Å². The van der Waals surface area contributed by atoms with Crippen molar-refractivity contribution in [2.45, 2.75) is 19.3 Å². The first kappa shape index (κ1) is 15.8. The number of anilines is 1. The molecule has 0 saturated heterocycles. The number of rotatable bonds is 7. The van der Waals surface area contributed by atoms with E-state index < -0.39 is 0 Å². The summed E-state index contributed by atoms with van der Waals surface area (Å²) in [4.78, 5) is 11.7. The molecule has 1 fully saturated rings. The van der Waals surface area contributed by atoms with Gasteiger partial charge in [0.2, 0.25) is 0 Å². The third kappa shape index (κ3) is 5.94. The second kappa shape index (κ2) is 8.02. The molecule has 0 aromatic heterocycles. The van der Waals surface area contributed by atoms with Crippen LogP contribution in [0.1, 0.15) is 29.6 Å². The lowest BCUT2D eigenvalue weighted by molar-refractivity contribution is 0.0937. The zero-order valence-corrected chi connectivity index (χ0v) is 11.7. The number of carbonyl (C=O) groups is 1. The quantitative estimate of drug-likeness (QED) is 0.596. The Morgan fingerprint density at radius 3 is 2.89 bits per heavy atom. The fourth-order valence-corrected chi connectivity index (χ4v) is 1.69. The SMILES string of the molecule is Cl.Nc1cccc(C(=O)NCCCOCC2CC2)c1. The Morgan fingerprint density at radius 2 is 2.21 bits per heavy atom. The Hall–Kier alpha value is -1.26. The molecule has 0 heterocycles. The molecule has 0 atom stereocenters. The number of nitrogen functional groups attached to an aromatic ring is 1. The van der Waals surface area contributed by atoms with E-state index in [2.05, 4.69) is 5.32 Å². The third-order valence-electron chi connectivity index (χ3n) is 2.95. The minimum atomic E-state index is -0.0792. The van der Waals surface area contributed by atoms with E-state index >= 15 is 0 Å². The molecule has 19 heavy (non-hydrogen) atoms. The molecule has 5 heteroatoms. The molecule has 0 aliphatic heterocycles. The number of ether oxygens (including phenoxy) is 1. The number of nitrogens with one attached hydrogen (secondary N) is 1. The van der Waals surface area contributed by atoms with E-state index in [0.717, 1.165) is 18.9 Å². The van der Waals surface area contributed by atoms with Gasteiger partial charge in [-0.15, -0.1) is 12.4 Å². The normalized spacial score (nSPS) is 13.7. The Morgan fingerprint density at radius 1 is 1.42 bits per heavy atom. The zero-order chi connectivity index (χ0) is 12.8. The largest absolute Gasteiger partial charge is 0.399 e.